The molecule has 0 spiro atoms. The van der Waals surface area contributed by atoms with Gasteiger partial charge in [0.15, 0.2) is 16.6 Å². The molecule has 0 fully saturated rings. The van der Waals surface area contributed by atoms with E-state index in [0.29, 0.717) is 21.9 Å². The number of benzene rings is 2. The Morgan fingerprint density at radius 2 is 1.96 bits per heavy atom. The van der Waals surface area contributed by atoms with Crippen molar-refractivity contribution in [1.29, 1.82) is 0 Å². The standard InChI is InChI=1S/C16H14ClN3O3S/c1-22-14-8-10(9-19-20-16(18)24)2-7-13(14)23-15(21)11-3-5-12(17)6-4-11/h2-9H,1H3,(H3,18,20,24). The second kappa shape index (κ2) is 8.28. The fraction of sp³-hybridized carbons (Fsp3) is 0.0625. The number of ether oxygens (including phenoxy) is 2. The topological polar surface area (TPSA) is 85.9 Å². The molecule has 0 aliphatic carbocycles. The summed E-state index contributed by atoms with van der Waals surface area (Å²) < 4.78 is 10.6. The Kier molecular flexibility index (Phi) is 6.11. The Hall–Kier alpha value is -2.64. The van der Waals surface area contributed by atoms with Crippen LogP contribution in [-0.2, 0) is 0 Å². The molecule has 24 heavy (non-hydrogen) atoms. The van der Waals surface area contributed by atoms with Gasteiger partial charge in [-0.1, -0.05) is 11.6 Å². The van der Waals surface area contributed by atoms with Crippen LogP contribution >= 0.6 is 23.8 Å². The fourth-order valence-electron chi connectivity index (χ4n) is 1.76. The van der Waals surface area contributed by atoms with E-state index in [-0.39, 0.29) is 10.9 Å². The highest BCUT2D eigenvalue weighted by molar-refractivity contribution is 7.80. The maximum absolute atomic E-state index is 12.1. The maximum atomic E-state index is 12.1. The number of hydrazone groups is 1. The molecule has 6 nitrogen and oxygen atoms in total. The molecule has 0 bridgehead atoms. The molecule has 0 amide bonds. The monoisotopic (exact) mass is 363 g/mol. The number of esters is 1. The molecule has 0 saturated carbocycles. The molecule has 124 valence electrons. The molecule has 8 heteroatoms. The lowest BCUT2D eigenvalue weighted by atomic mass is 10.2. The van der Waals surface area contributed by atoms with Gasteiger partial charge in [-0.15, -0.1) is 0 Å². The number of halogens is 1. The largest absolute Gasteiger partial charge is 0.493 e. The van der Waals surface area contributed by atoms with Crippen molar-refractivity contribution < 1.29 is 14.3 Å². The molecular formula is C16H14ClN3O3S. The molecule has 0 radical (unpaired) electrons. The molecule has 3 N–H and O–H groups in total. The van der Waals surface area contributed by atoms with Crippen molar-refractivity contribution in [3.05, 3.63) is 58.6 Å². The molecule has 2 aromatic rings. The number of methoxy groups -OCH3 is 1. The van der Waals surface area contributed by atoms with E-state index < -0.39 is 5.97 Å². The molecule has 2 aromatic carbocycles. The van der Waals surface area contributed by atoms with Crippen LogP contribution in [0.4, 0.5) is 0 Å². The van der Waals surface area contributed by atoms with Crippen LogP contribution in [0, 0.1) is 0 Å². The zero-order valence-corrected chi connectivity index (χ0v) is 14.2. The van der Waals surface area contributed by atoms with Gasteiger partial charge in [0.05, 0.1) is 18.9 Å². The maximum Gasteiger partial charge on any atom is 0.343 e. The molecule has 0 saturated heterocycles. The van der Waals surface area contributed by atoms with Crippen molar-refractivity contribution in [2.24, 2.45) is 10.8 Å². The third-order valence-electron chi connectivity index (χ3n) is 2.86. The fourth-order valence-corrected chi connectivity index (χ4v) is 1.94. The van der Waals surface area contributed by atoms with Crippen LogP contribution in [0.5, 0.6) is 11.5 Å². The third kappa shape index (κ3) is 4.94. The molecule has 0 atom stereocenters. The Balaban J connectivity index is 2.15. The number of carbonyl (C=O) groups excluding carboxylic acids is 1. The summed E-state index contributed by atoms with van der Waals surface area (Å²) in [5.74, 6) is 0.162. The molecular weight excluding hydrogens is 350 g/mol. The van der Waals surface area contributed by atoms with E-state index >= 15 is 0 Å². The van der Waals surface area contributed by atoms with E-state index in [1.807, 2.05) is 0 Å². The Bertz CT molecular complexity index is 779. The van der Waals surface area contributed by atoms with Gasteiger partial charge in [0.25, 0.3) is 0 Å². The first kappa shape index (κ1) is 17.7. The van der Waals surface area contributed by atoms with E-state index in [0.717, 1.165) is 0 Å². The van der Waals surface area contributed by atoms with E-state index in [1.54, 1.807) is 42.5 Å². The molecule has 0 aromatic heterocycles. The van der Waals surface area contributed by atoms with Gasteiger partial charge in [-0.2, -0.15) is 5.10 Å². The highest BCUT2D eigenvalue weighted by atomic mass is 35.5. The summed E-state index contributed by atoms with van der Waals surface area (Å²) in [5.41, 5.74) is 8.81. The van der Waals surface area contributed by atoms with Crippen molar-refractivity contribution in [3.63, 3.8) is 0 Å². The van der Waals surface area contributed by atoms with E-state index in [9.17, 15) is 4.79 Å². The van der Waals surface area contributed by atoms with Gasteiger partial charge in [-0.3, -0.25) is 5.43 Å². The highest BCUT2D eigenvalue weighted by Crippen LogP contribution is 2.28. The zero-order chi connectivity index (χ0) is 17.5. The van der Waals surface area contributed by atoms with Gasteiger partial charge >= 0.3 is 5.97 Å². The number of rotatable bonds is 5. The highest BCUT2D eigenvalue weighted by Gasteiger charge is 2.12. The minimum absolute atomic E-state index is 0.0618. The van der Waals surface area contributed by atoms with E-state index in [4.69, 9.17) is 26.8 Å². The zero-order valence-electron chi connectivity index (χ0n) is 12.7. The molecule has 2 rings (SSSR count). The summed E-state index contributed by atoms with van der Waals surface area (Å²) in [6.45, 7) is 0. The van der Waals surface area contributed by atoms with Crippen LogP contribution in [0.3, 0.4) is 0 Å². The predicted molar refractivity (Wildman–Crippen MR) is 96.9 cm³/mol. The van der Waals surface area contributed by atoms with E-state index in [2.05, 4.69) is 22.7 Å². The lowest BCUT2D eigenvalue weighted by molar-refractivity contribution is 0.0729. The second-order valence-electron chi connectivity index (χ2n) is 4.54. The van der Waals surface area contributed by atoms with Crippen LogP contribution in [0.15, 0.2) is 47.6 Å². The summed E-state index contributed by atoms with van der Waals surface area (Å²) in [6.07, 6.45) is 1.51. The van der Waals surface area contributed by atoms with Crippen molar-refractivity contribution in [2.75, 3.05) is 7.11 Å². The summed E-state index contributed by atoms with van der Waals surface area (Å²) in [4.78, 5) is 12.1. The van der Waals surface area contributed by atoms with Crippen molar-refractivity contribution in [3.8, 4) is 11.5 Å². The lowest BCUT2D eigenvalue weighted by Gasteiger charge is -2.10. The van der Waals surface area contributed by atoms with Crippen LogP contribution < -0.4 is 20.6 Å². The van der Waals surface area contributed by atoms with Gasteiger partial charge < -0.3 is 15.2 Å². The molecule has 0 heterocycles. The normalized spacial score (nSPS) is 10.4. The minimum Gasteiger partial charge on any atom is -0.493 e. The van der Waals surface area contributed by atoms with Gasteiger partial charge in [0.1, 0.15) is 0 Å². The average molecular weight is 364 g/mol. The van der Waals surface area contributed by atoms with Crippen molar-refractivity contribution in [2.45, 2.75) is 0 Å². The lowest BCUT2D eigenvalue weighted by Crippen LogP contribution is -2.23. The molecule has 0 unspecified atom stereocenters. The number of nitrogens with one attached hydrogen (secondary N) is 1. The summed E-state index contributed by atoms with van der Waals surface area (Å²) in [6, 6.07) is 11.4. The van der Waals surface area contributed by atoms with Gasteiger partial charge in [0.2, 0.25) is 0 Å². The van der Waals surface area contributed by atoms with Gasteiger partial charge in [-0.25, -0.2) is 4.79 Å². The molecule has 0 aliphatic heterocycles. The number of nitrogens with two attached hydrogens (primary N) is 1. The van der Waals surface area contributed by atoms with Crippen LogP contribution in [0.2, 0.25) is 5.02 Å². The number of thiocarbonyl (C=S) groups is 1. The summed E-state index contributed by atoms with van der Waals surface area (Å²) in [7, 11) is 1.48. The minimum atomic E-state index is -0.512. The molecule has 0 aliphatic rings. The van der Waals surface area contributed by atoms with Crippen molar-refractivity contribution in [1.82, 2.24) is 5.43 Å². The van der Waals surface area contributed by atoms with E-state index in [1.165, 1.54) is 13.3 Å². The summed E-state index contributed by atoms with van der Waals surface area (Å²) >= 11 is 10.4. The first-order valence-electron chi connectivity index (χ1n) is 6.74. The Morgan fingerprint density at radius 1 is 1.25 bits per heavy atom. The smallest absolute Gasteiger partial charge is 0.343 e. The number of carbonyl (C=O) groups is 1. The SMILES string of the molecule is COc1cc(C=NNC(N)=S)ccc1OC(=O)c1ccc(Cl)cc1. The number of hydrogen-bond acceptors (Lipinski definition) is 5. The van der Waals surface area contributed by atoms with Gasteiger partial charge in [0, 0.05) is 5.02 Å². The first-order valence-corrected chi connectivity index (χ1v) is 7.52. The quantitative estimate of drug-likeness (QED) is 0.279. The van der Waals surface area contributed by atoms with Crippen LogP contribution in [-0.4, -0.2) is 24.4 Å². The van der Waals surface area contributed by atoms with Crippen LogP contribution in [0.1, 0.15) is 15.9 Å². The van der Waals surface area contributed by atoms with Gasteiger partial charge in [-0.05, 0) is 60.2 Å². The first-order chi connectivity index (χ1) is 11.5. The second-order valence-corrected chi connectivity index (χ2v) is 5.42. The third-order valence-corrected chi connectivity index (χ3v) is 3.20. The summed E-state index contributed by atoms with van der Waals surface area (Å²) in [5, 5.41) is 4.45. The number of nitrogens with zero attached hydrogens (tertiary/aromatic N) is 1. The average Bonchev–Trinajstić information content (AvgIpc) is 2.56. The Labute approximate surface area is 149 Å². The van der Waals surface area contributed by atoms with Crippen LogP contribution in [0.25, 0.3) is 0 Å². The Morgan fingerprint density at radius 3 is 2.58 bits per heavy atom. The van der Waals surface area contributed by atoms with Crippen molar-refractivity contribution >= 4 is 41.1 Å². The predicted octanol–water partition coefficient (Wildman–Crippen LogP) is 2.73. The number of hydrogen-bond donors (Lipinski definition) is 2.